The number of aromatic nitrogens is 1. The van der Waals surface area contributed by atoms with E-state index in [9.17, 15) is 0 Å². The Bertz CT molecular complexity index is 971. The Hall–Kier alpha value is -1.85. The van der Waals surface area contributed by atoms with Gasteiger partial charge in [0.25, 0.3) is 0 Å². The number of benzene rings is 3. The number of rotatable bonds is 3. The van der Waals surface area contributed by atoms with Gasteiger partial charge in [0.15, 0.2) is 0 Å². The highest BCUT2D eigenvalue weighted by atomic mass is 127. The standard InChI is InChI=1S/C22H23N2.HI/c1-24(2,3)15-18-12-13-21(23-18)22-19-10-6-4-8-16(19)14-17-9-5-7-11-20(17)22;/h4-14,23H,15H2,1-3H3;1H/q+1;/p-1. The summed E-state index contributed by atoms with van der Waals surface area (Å²) in [5.74, 6) is 0. The minimum absolute atomic E-state index is 0. The maximum Gasteiger partial charge on any atom is 0.119 e. The second-order valence-electron chi connectivity index (χ2n) is 7.54. The van der Waals surface area contributed by atoms with Crippen molar-refractivity contribution in [1.29, 1.82) is 0 Å². The summed E-state index contributed by atoms with van der Waals surface area (Å²) in [7, 11) is 6.65. The number of aromatic amines is 1. The van der Waals surface area contributed by atoms with Gasteiger partial charge in [0, 0.05) is 11.3 Å². The lowest BCUT2D eigenvalue weighted by atomic mass is 9.95. The van der Waals surface area contributed by atoms with Crippen LogP contribution in [0.5, 0.6) is 0 Å². The van der Waals surface area contributed by atoms with Crippen LogP contribution < -0.4 is 24.0 Å². The molecule has 0 radical (unpaired) electrons. The molecule has 4 aromatic rings. The second kappa shape index (κ2) is 6.81. The number of fused-ring (bicyclic) bond motifs is 2. The third kappa shape index (κ3) is 3.58. The molecule has 0 saturated heterocycles. The average Bonchev–Trinajstić information content (AvgIpc) is 2.98. The van der Waals surface area contributed by atoms with Gasteiger partial charge in [0.1, 0.15) is 6.54 Å². The fourth-order valence-electron chi connectivity index (χ4n) is 3.49. The molecule has 25 heavy (non-hydrogen) atoms. The van der Waals surface area contributed by atoms with E-state index in [0.717, 1.165) is 11.0 Å². The minimum atomic E-state index is 0. The molecule has 0 saturated carbocycles. The molecular weight excluding hydrogens is 419 g/mol. The number of H-pyrrole nitrogens is 1. The van der Waals surface area contributed by atoms with E-state index < -0.39 is 0 Å². The molecule has 0 atom stereocenters. The molecule has 0 unspecified atom stereocenters. The summed E-state index contributed by atoms with van der Waals surface area (Å²) in [4.78, 5) is 3.65. The van der Waals surface area contributed by atoms with Crippen LogP contribution in [-0.4, -0.2) is 30.6 Å². The molecule has 128 valence electrons. The zero-order chi connectivity index (χ0) is 16.7. The Labute approximate surface area is 166 Å². The van der Waals surface area contributed by atoms with Crippen LogP contribution in [0, 0.1) is 0 Å². The Balaban J connectivity index is 0.00000182. The number of nitrogens with one attached hydrogen (secondary N) is 1. The summed E-state index contributed by atoms with van der Waals surface area (Å²) < 4.78 is 0.913. The second-order valence-corrected chi connectivity index (χ2v) is 7.54. The molecule has 1 heterocycles. The molecule has 3 aromatic carbocycles. The Kier molecular flexibility index (Phi) is 4.89. The van der Waals surface area contributed by atoms with Crippen molar-refractivity contribution in [3.63, 3.8) is 0 Å². The van der Waals surface area contributed by atoms with E-state index in [0.29, 0.717) is 0 Å². The molecule has 0 aliphatic rings. The predicted octanol–water partition coefficient (Wildman–Crippen LogP) is 2.20. The van der Waals surface area contributed by atoms with Crippen LogP contribution in [0.1, 0.15) is 5.69 Å². The monoisotopic (exact) mass is 442 g/mol. The number of hydrogen-bond donors (Lipinski definition) is 1. The molecule has 2 nitrogen and oxygen atoms in total. The van der Waals surface area contributed by atoms with Crippen molar-refractivity contribution < 1.29 is 28.5 Å². The summed E-state index contributed by atoms with van der Waals surface area (Å²) in [5, 5.41) is 5.17. The largest absolute Gasteiger partial charge is 1.00 e. The molecule has 0 bridgehead atoms. The number of quaternary nitrogens is 1. The zero-order valence-corrected chi connectivity index (χ0v) is 17.0. The highest BCUT2D eigenvalue weighted by molar-refractivity contribution is 6.12. The summed E-state index contributed by atoms with van der Waals surface area (Å²) >= 11 is 0. The fourth-order valence-corrected chi connectivity index (χ4v) is 3.49. The van der Waals surface area contributed by atoms with Crippen LogP contribution in [0.2, 0.25) is 0 Å². The van der Waals surface area contributed by atoms with Crippen molar-refractivity contribution in [2.45, 2.75) is 6.54 Å². The molecule has 0 aliphatic heterocycles. The van der Waals surface area contributed by atoms with Crippen LogP contribution in [-0.2, 0) is 6.54 Å². The van der Waals surface area contributed by atoms with Gasteiger partial charge in [-0.1, -0.05) is 48.5 Å². The van der Waals surface area contributed by atoms with E-state index in [-0.39, 0.29) is 24.0 Å². The van der Waals surface area contributed by atoms with Crippen LogP contribution in [0.15, 0.2) is 66.7 Å². The van der Waals surface area contributed by atoms with Gasteiger partial charge in [-0.25, -0.2) is 0 Å². The van der Waals surface area contributed by atoms with Crippen LogP contribution in [0.4, 0.5) is 0 Å². The van der Waals surface area contributed by atoms with Crippen molar-refractivity contribution in [2.24, 2.45) is 0 Å². The normalized spacial score (nSPS) is 11.6. The smallest absolute Gasteiger partial charge is 0.119 e. The zero-order valence-electron chi connectivity index (χ0n) is 14.9. The van der Waals surface area contributed by atoms with Gasteiger partial charge in [0.05, 0.1) is 26.8 Å². The molecule has 3 heteroatoms. The molecule has 4 rings (SSSR count). The maximum absolute atomic E-state index is 3.65. The third-order valence-electron chi connectivity index (χ3n) is 4.43. The first-order valence-electron chi connectivity index (χ1n) is 8.40. The lowest BCUT2D eigenvalue weighted by Crippen LogP contribution is -3.00. The number of hydrogen-bond acceptors (Lipinski definition) is 0. The predicted molar refractivity (Wildman–Crippen MR) is 103 cm³/mol. The Morgan fingerprint density at radius 2 is 1.32 bits per heavy atom. The first-order valence-corrected chi connectivity index (χ1v) is 8.40. The summed E-state index contributed by atoms with van der Waals surface area (Å²) in [6, 6.07) is 24.0. The lowest BCUT2D eigenvalue weighted by Gasteiger charge is -2.23. The molecule has 0 fully saturated rings. The van der Waals surface area contributed by atoms with E-state index >= 15 is 0 Å². The van der Waals surface area contributed by atoms with E-state index in [4.69, 9.17) is 0 Å². The van der Waals surface area contributed by atoms with E-state index in [1.807, 2.05) is 0 Å². The molecule has 1 N–H and O–H groups in total. The summed E-state index contributed by atoms with van der Waals surface area (Å²) in [5.41, 5.74) is 3.78. The van der Waals surface area contributed by atoms with Crippen LogP contribution in [0.3, 0.4) is 0 Å². The Morgan fingerprint density at radius 3 is 1.88 bits per heavy atom. The SMILES string of the molecule is C[N+](C)(C)Cc1ccc(-c2c3ccccc3cc3ccccc23)[nH]1.[I-]. The van der Waals surface area contributed by atoms with Crippen molar-refractivity contribution >= 4 is 21.5 Å². The van der Waals surface area contributed by atoms with Gasteiger partial charge in [-0.3, -0.25) is 0 Å². The molecule has 0 amide bonds. The van der Waals surface area contributed by atoms with Gasteiger partial charge in [-0.05, 0) is 39.7 Å². The van der Waals surface area contributed by atoms with Crippen molar-refractivity contribution in [2.75, 3.05) is 21.1 Å². The third-order valence-corrected chi connectivity index (χ3v) is 4.43. The summed E-state index contributed by atoms with van der Waals surface area (Å²) in [6.07, 6.45) is 0. The highest BCUT2D eigenvalue weighted by Crippen LogP contribution is 2.35. The highest BCUT2D eigenvalue weighted by Gasteiger charge is 2.14. The fraction of sp³-hybridized carbons (Fsp3) is 0.182. The topological polar surface area (TPSA) is 15.8 Å². The van der Waals surface area contributed by atoms with Crippen molar-refractivity contribution in [3.05, 3.63) is 72.4 Å². The molecule has 0 spiro atoms. The lowest BCUT2D eigenvalue weighted by molar-refractivity contribution is -0.884. The van der Waals surface area contributed by atoms with Crippen molar-refractivity contribution in [1.82, 2.24) is 4.98 Å². The van der Waals surface area contributed by atoms with E-state index in [1.54, 1.807) is 0 Å². The number of nitrogens with zero attached hydrogens (tertiary/aromatic N) is 1. The van der Waals surface area contributed by atoms with E-state index in [2.05, 4.69) is 92.9 Å². The van der Waals surface area contributed by atoms with Crippen molar-refractivity contribution in [3.8, 4) is 11.3 Å². The van der Waals surface area contributed by atoms with Gasteiger partial charge >= 0.3 is 0 Å². The quantitative estimate of drug-likeness (QED) is 0.285. The van der Waals surface area contributed by atoms with E-state index in [1.165, 1.54) is 38.5 Å². The van der Waals surface area contributed by atoms with Gasteiger partial charge in [0.2, 0.25) is 0 Å². The first kappa shape index (κ1) is 18.0. The number of halogens is 1. The average molecular weight is 442 g/mol. The van der Waals surface area contributed by atoms with Gasteiger partial charge < -0.3 is 33.4 Å². The first-order chi connectivity index (χ1) is 11.5. The molecular formula is C22H23IN2. The molecule has 1 aromatic heterocycles. The van der Waals surface area contributed by atoms with Crippen LogP contribution in [0.25, 0.3) is 32.8 Å². The Morgan fingerprint density at radius 1 is 0.760 bits per heavy atom. The van der Waals surface area contributed by atoms with Gasteiger partial charge in [-0.2, -0.15) is 0 Å². The van der Waals surface area contributed by atoms with Crippen LogP contribution >= 0.6 is 0 Å². The maximum atomic E-state index is 3.65. The summed E-state index contributed by atoms with van der Waals surface area (Å²) in [6.45, 7) is 0.989. The molecule has 0 aliphatic carbocycles. The minimum Gasteiger partial charge on any atom is -1.00 e. The van der Waals surface area contributed by atoms with Gasteiger partial charge in [-0.15, -0.1) is 0 Å².